The van der Waals surface area contributed by atoms with Crippen LogP contribution in [0.15, 0.2) is 23.3 Å². The van der Waals surface area contributed by atoms with E-state index in [1.807, 2.05) is 26.0 Å². The lowest BCUT2D eigenvalue weighted by atomic mass is 10.1. The predicted molar refractivity (Wildman–Crippen MR) is 63.8 cm³/mol. The van der Waals surface area contributed by atoms with E-state index in [1.165, 1.54) is 5.01 Å². The van der Waals surface area contributed by atoms with Crippen molar-refractivity contribution < 1.29 is 4.79 Å². The topological polar surface area (TPSA) is 32.7 Å². The van der Waals surface area contributed by atoms with Crippen LogP contribution in [-0.4, -0.2) is 12.1 Å². The fourth-order valence-corrected chi connectivity index (χ4v) is 1.64. The van der Waals surface area contributed by atoms with Gasteiger partial charge in [-0.3, -0.25) is 4.79 Å². The molecule has 0 saturated carbocycles. The summed E-state index contributed by atoms with van der Waals surface area (Å²) in [6.45, 7) is 4.03. The molecule has 1 aliphatic heterocycles. The minimum atomic E-state index is 0. The van der Waals surface area contributed by atoms with E-state index in [1.54, 1.807) is 6.21 Å². The molecular weight excluding hydrogens is 212 g/mol. The Morgan fingerprint density at radius 3 is 2.27 bits per heavy atom. The van der Waals surface area contributed by atoms with Gasteiger partial charge < -0.3 is 0 Å². The summed E-state index contributed by atoms with van der Waals surface area (Å²) >= 11 is 0. The van der Waals surface area contributed by atoms with Gasteiger partial charge in [0, 0.05) is 6.21 Å². The number of nitrogens with zero attached hydrogens (tertiary/aromatic N) is 2. The number of aryl methyl sites for hydroxylation is 2. The molecule has 4 heteroatoms. The third-order valence-electron chi connectivity index (χ3n) is 2.15. The van der Waals surface area contributed by atoms with Crippen LogP contribution in [0.1, 0.15) is 17.5 Å². The Bertz CT molecular complexity index is 395. The molecule has 0 N–H and O–H groups in total. The van der Waals surface area contributed by atoms with E-state index in [4.69, 9.17) is 0 Å². The minimum absolute atomic E-state index is 0. The normalized spacial score (nSPS) is 14.3. The molecule has 0 saturated heterocycles. The Morgan fingerprint density at radius 2 is 1.80 bits per heavy atom. The van der Waals surface area contributed by atoms with E-state index in [0.29, 0.717) is 6.42 Å². The van der Waals surface area contributed by atoms with Crippen LogP contribution in [0.2, 0.25) is 0 Å². The molecule has 0 spiro atoms. The number of rotatable bonds is 1. The summed E-state index contributed by atoms with van der Waals surface area (Å²) in [6.07, 6.45) is 2.05. The highest BCUT2D eigenvalue weighted by molar-refractivity contribution is 6.05. The lowest BCUT2D eigenvalue weighted by molar-refractivity contribution is -0.116. The van der Waals surface area contributed by atoms with Crippen molar-refractivity contribution >= 4 is 30.2 Å². The highest BCUT2D eigenvalue weighted by atomic mass is 35.5. The zero-order chi connectivity index (χ0) is 10.1. The molecule has 15 heavy (non-hydrogen) atoms. The second kappa shape index (κ2) is 4.45. The summed E-state index contributed by atoms with van der Waals surface area (Å²) < 4.78 is 0. The Labute approximate surface area is 95.2 Å². The quantitative estimate of drug-likeness (QED) is 0.721. The van der Waals surface area contributed by atoms with Crippen LogP contribution >= 0.6 is 12.4 Å². The predicted octanol–water partition coefficient (Wildman–Crippen LogP) is 2.45. The van der Waals surface area contributed by atoms with Gasteiger partial charge >= 0.3 is 0 Å². The molecule has 0 unspecified atom stereocenters. The Hall–Kier alpha value is -1.35. The Morgan fingerprint density at radius 1 is 1.20 bits per heavy atom. The average molecular weight is 225 g/mol. The van der Waals surface area contributed by atoms with E-state index in [0.717, 1.165) is 16.8 Å². The van der Waals surface area contributed by atoms with Gasteiger partial charge in [-0.15, -0.1) is 12.4 Å². The number of carbonyl (C=O) groups excluding carboxylic acids is 1. The van der Waals surface area contributed by atoms with E-state index < -0.39 is 0 Å². The second-order valence-electron chi connectivity index (χ2n) is 3.55. The zero-order valence-electron chi connectivity index (χ0n) is 8.73. The smallest absolute Gasteiger partial charge is 0.252 e. The van der Waals surface area contributed by atoms with E-state index >= 15 is 0 Å². The Balaban J connectivity index is 0.00000112. The van der Waals surface area contributed by atoms with Crippen molar-refractivity contribution in [3.05, 3.63) is 29.3 Å². The molecule has 0 aliphatic carbocycles. The summed E-state index contributed by atoms with van der Waals surface area (Å²) in [5.74, 6) is 0.0370. The summed E-state index contributed by atoms with van der Waals surface area (Å²) in [5.41, 5.74) is 3.16. The number of hydrazone groups is 1. The first-order valence-electron chi connectivity index (χ1n) is 4.60. The molecule has 80 valence electrons. The van der Waals surface area contributed by atoms with Crippen LogP contribution in [0.4, 0.5) is 5.69 Å². The molecule has 1 amide bonds. The van der Waals surface area contributed by atoms with Crippen molar-refractivity contribution in [1.29, 1.82) is 0 Å². The van der Waals surface area contributed by atoms with Gasteiger partial charge in [0.1, 0.15) is 0 Å². The van der Waals surface area contributed by atoms with Gasteiger partial charge in [-0.25, -0.2) is 5.01 Å². The lowest BCUT2D eigenvalue weighted by Gasteiger charge is -2.13. The SMILES string of the molecule is Cc1cc(C)cc(N2N=CCC2=O)c1.Cl. The fourth-order valence-electron chi connectivity index (χ4n) is 1.64. The van der Waals surface area contributed by atoms with Crippen molar-refractivity contribution in [1.82, 2.24) is 0 Å². The van der Waals surface area contributed by atoms with Crippen LogP contribution in [0.3, 0.4) is 0 Å². The minimum Gasteiger partial charge on any atom is -0.272 e. The van der Waals surface area contributed by atoms with Gasteiger partial charge in [-0.05, 0) is 37.1 Å². The van der Waals surface area contributed by atoms with Gasteiger partial charge in [0.15, 0.2) is 0 Å². The molecule has 0 radical (unpaired) electrons. The largest absolute Gasteiger partial charge is 0.272 e. The summed E-state index contributed by atoms with van der Waals surface area (Å²) in [4.78, 5) is 11.4. The molecule has 1 aromatic rings. The molecule has 3 nitrogen and oxygen atoms in total. The molecule has 1 heterocycles. The lowest BCUT2D eigenvalue weighted by Crippen LogP contribution is -2.19. The monoisotopic (exact) mass is 224 g/mol. The fraction of sp³-hybridized carbons (Fsp3) is 0.273. The molecule has 0 aromatic heterocycles. The summed E-state index contributed by atoms with van der Waals surface area (Å²) in [6, 6.07) is 6.01. The third kappa shape index (κ3) is 2.36. The molecule has 1 aromatic carbocycles. The van der Waals surface area contributed by atoms with E-state index in [-0.39, 0.29) is 18.3 Å². The standard InChI is InChI=1S/C11H12N2O.ClH/c1-8-5-9(2)7-10(6-8)13-11(14)3-4-12-13;/h4-7H,3H2,1-2H3;1H. The Kier molecular flexibility index (Phi) is 3.48. The summed E-state index contributed by atoms with van der Waals surface area (Å²) in [7, 11) is 0. The molecule has 0 atom stereocenters. The van der Waals surface area contributed by atoms with Crippen molar-refractivity contribution in [3.8, 4) is 0 Å². The molecule has 1 aliphatic rings. The molecule has 2 rings (SSSR count). The highest BCUT2D eigenvalue weighted by Gasteiger charge is 2.18. The van der Waals surface area contributed by atoms with Gasteiger partial charge in [0.2, 0.25) is 0 Å². The number of anilines is 1. The number of hydrogen-bond acceptors (Lipinski definition) is 2. The average Bonchev–Trinajstić information content (AvgIpc) is 2.49. The van der Waals surface area contributed by atoms with Crippen LogP contribution in [0.5, 0.6) is 0 Å². The maximum Gasteiger partial charge on any atom is 0.252 e. The molecule has 0 bridgehead atoms. The van der Waals surface area contributed by atoms with Gasteiger partial charge in [0.25, 0.3) is 5.91 Å². The van der Waals surface area contributed by atoms with Crippen molar-refractivity contribution in [2.75, 3.05) is 5.01 Å². The van der Waals surface area contributed by atoms with Crippen LogP contribution in [-0.2, 0) is 4.79 Å². The maximum absolute atomic E-state index is 11.4. The number of halogens is 1. The van der Waals surface area contributed by atoms with Crippen molar-refractivity contribution in [3.63, 3.8) is 0 Å². The summed E-state index contributed by atoms with van der Waals surface area (Å²) in [5, 5.41) is 5.49. The van der Waals surface area contributed by atoms with Gasteiger partial charge in [-0.2, -0.15) is 5.10 Å². The molecular formula is C11H13ClN2O. The highest BCUT2D eigenvalue weighted by Crippen LogP contribution is 2.21. The first kappa shape index (κ1) is 11.7. The second-order valence-corrected chi connectivity index (χ2v) is 3.55. The van der Waals surface area contributed by atoms with Crippen molar-refractivity contribution in [2.45, 2.75) is 20.3 Å². The number of benzene rings is 1. The maximum atomic E-state index is 11.4. The first-order chi connectivity index (χ1) is 6.66. The zero-order valence-corrected chi connectivity index (χ0v) is 9.54. The van der Waals surface area contributed by atoms with E-state index in [9.17, 15) is 4.79 Å². The van der Waals surface area contributed by atoms with Gasteiger partial charge in [0.05, 0.1) is 12.1 Å². The number of hydrogen-bond donors (Lipinski definition) is 0. The third-order valence-corrected chi connectivity index (χ3v) is 2.15. The van der Waals surface area contributed by atoms with Crippen LogP contribution < -0.4 is 5.01 Å². The van der Waals surface area contributed by atoms with E-state index in [2.05, 4.69) is 11.2 Å². The molecule has 0 fully saturated rings. The van der Waals surface area contributed by atoms with Crippen LogP contribution in [0, 0.1) is 13.8 Å². The first-order valence-corrected chi connectivity index (χ1v) is 4.60. The van der Waals surface area contributed by atoms with Crippen molar-refractivity contribution in [2.24, 2.45) is 5.10 Å². The van der Waals surface area contributed by atoms with Gasteiger partial charge in [-0.1, -0.05) is 6.07 Å². The van der Waals surface area contributed by atoms with Crippen LogP contribution in [0.25, 0.3) is 0 Å². The number of amides is 1. The number of carbonyl (C=O) groups is 1.